The Balaban J connectivity index is -0.000000116. The van der Waals surface area contributed by atoms with E-state index in [0.29, 0.717) is 12.0 Å². The van der Waals surface area contributed by atoms with Crippen molar-refractivity contribution in [1.29, 1.82) is 0 Å². The van der Waals surface area contributed by atoms with Gasteiger partial charge in [0.15, 0.2) is 0 Å². The SMILES string of the molecule is C.C.C.CC(C)c1ccccc1.CC(C)n1cccn1.[Y]. The Hall–Kier alpha value is -0.466. The molecule has 2 nitrogen and oxygen atoms in total. The smallest absolute Gasteiger partial charge is 0.0489 e. The van der Waals surface area contributed by atoms with Crippen molar-refractivity contribution in [2.45, 2.75) is 61.9 Å². The molecule has 0 aliphatic heterocycles. The first-order chi connectivity index (χ1) is 8.11. The third-order valence-corrected chi connectivity index (χ3v) is 2.52. The number of nitrogens with zero attached hydrogens (tertiary/aromatic N) is 2. The molecule has 2 aromatic rings. The van der Waals surface area contributed by atoms with Crippen LogP contribution in [0.5, 0.6) is 0 Å². The van der Waals surface area contributed by atoms with Crippen molar-refractivity contribution < 1.29 is 32.7 Å². The average molecular weight is 367 g/mol. The van der Waals surface area contributed by atoms with Crippen LogP contribution in [0.2, 0.25) is 0 Å². The maximum absolute atomic E-state index is 4.03. The summed E-state index contributed by atoms with van der Waals surface area (Å²) in [5.41, 5.74) is 1.41. The molecule has 0 saturated heterocycles. The Labute approximate surface area is 158 Å². The zero-order valence-electron chi connectivity index (χ0n) is 11.7. The van der Waals surface area contributed by atoms with Gasteiger partial charge in [-0.15, -0.1) is 0 Å². The van der Waals surface area contributed by atoms with Crippen LogP contribution in [-0.4, -0.2) is 9.78 Å². The Morgan fingerprint density at radius 2 is 1.38 bits per heavy atom. The Bertz CT molecular complexity index is 394. The van der Waals surface area contributed by atoms with Crippen LogP contribution in [0.1, 0.15) is 67.5 Å². The summed E-state index contributed by atoms with van der Waals surface area (Å²) in [6, 6.07) is 12.9. The fourth-order valence-corrected chi connectivity index (χ4v) is 1.42. The van der Waals surface area contributed by atoms with E-state index < -0.39 is 0 Å². The summed E-state index contributed by atoms with van der Waals surface area (Å²) in [4.78, 5) is 0. The van der Waals surface area contributed by atoms with Crippen LogP contribution in [0.25, 0.3) is 0 Å². The first kappa shape index (κ1) is 28.7. The second kappa shape index (κ2) is 15.9. The normalized spacial score (nSPS) is 8.29. The number of aromatic nitrogens is 2. The van der Waals surface area contributed by atoms with Gasteiger partial charge in [0.25, 0.3) is 0 Å². The van der Waals surface area contributed by atoms with Gasteiger partial charge < -0.3 is 0 Å². The predicted octanol–water partition coefficient (Wildman–Crippen LogP) is 6.18. The molecule has 0 atom stereocenters. The van der Waals surface area contributed by atoms with Gasteiger partial charge in [-0.1, -0.05) is 66.5 Å². The van der Waals surface area contributed by atoms with Crippen LogP contribution in [0.3, 0.4) is 0 Å². The van der Waals surface area contributed by atoms with E-state index in [2.05, 4.69) is 57.1 Å². The maximum Gasteiger partial charge on any atom is 0.0489 e. The molecule has 0 saturated carbocycles. The molecule has 0 amide bonds. The van der Waals surface area contributed by atoms with E-state index in [4.69, 9.17) is 0 Å². The Morgan fingerprint density at radius 1 is 0.857 bits per heavy atom. The second-order valence-electron chi connectivity index (χ2n) is 4.65. The standard InChI is InChI=1S/C9H12.C6H10N2.3CH4.Y/c1-8(2)9-6-4-3-5-7-9;1-6(2)8-5-3-4-7-8;;;;/h3-8H,1-2H3;3-6H,1-2H3;3*1H4;. The largest absolute Gasteiger partial charge is 0.270 e. The first-order valence-electron chi connectivity index (χ1n) is 6.15. The maximum atomic E-state index is 4.03. The molecule has 0 aliphatic carbocycles. The molecule has 0 bridgehead atoms. The molecule has 2 rings (SSSR count). The van der Waals surface area contributed by atoms with Gasteiger partial charge >= 0.3 is 0 Å². The third-order valence-electron chi connectivity index (χ3n) is 2.52. The summed E-state index contributed by atoms with van der Waals surface area (Å²) >= 11 is 0. The van der Waals surface area contributed by atoms with E-state index in [9.17, 15) is 0 Å². The number of hydrogen-bond donors (Lipinski definition) is 0. The van der Waals surface area contributed by atoms with Crippen molar-refractivity contribution in [2.24, 2.45) is 0 Å². The molecule has 0 spiro atoms. The molecule has 0 unspecified atom stereocenters. The summed E-state index contributed by atoms with van der Waals surface area (Å²) in [6.45, 7) is 8.62. The molecule has 21 heavy (non-hydrogen) atoms. The van der Waals surface area contributed by atoms with Crippen molar-refractivity contribution in [2.75, 3.05) is 0 Å². The molecule has 0 fully saturated rings. The molecule has 1 heterocycles. The second-order valence-corrected chi connectivity index (χ2v) is 4.65. The predicted molar refractivity (Wildman–Crippen MR) is 93.3 cm³/mol. The van der Waals surface area contributed by atoms with Crippen molar-refractivity contribution in [3.63, 3.8) is 0 Å². The van der Waals surface area contributed by atoms with Crippen molar-refractivity contribution in [3.8, 4) is 0 Å². The van der Waals surface area contributed by atoms with Gasteiger partial charge in [0.1, 0.15) is 0 Å². The summed E-state index contributed by atoms with van der Waals surface area (Å²) in [5.74, 6) is 0.659. The molecule has 1 aromatic carbocycles. The van der Waals surface area contributed by atoms with Gasteiger partial charge in [-0.3, -0.25) is 4.68 Å². The minimum atomic E-state index is 0. The first-order valence-corrected chi connectivity index (χ1v) is 6.15. The summed E-state index contributed by atoms with van der Waals surface area (Å²) in [6.07, 6.45) is 3.75. The summed E-state index contributed by atoms with van der Waals surface area (Å²) in [7, 11) is 0. The topological polar surface area (TPSA) is 17.8 Å². The molecular weight excluding hydrogens is 333 g/mol. The average Bonchev–Trinajstić information content (AvgIpc) is 2.84. The van der Waals surface area contributed by atoms with E-state index in [-0.39, 0.29) is 55.0 Å². The number of rotatable bonds is 2. The van der Waals surface area contributed by atoms with Crippen LogP contribution in [-0.2, 0) is 32.7 Å². The molecule has 119 valence electrons. The Kier molecular flexibility index (Phi) is 21.7. The summed E-state index contributed by atoms with van der Waals surface area (Å²) < 4.78 is 1.92. The zero-order chi connectivity index (χ0) is 12.7. The monoisotopic (exact) mass is 367 g/mol. The van der Waals surface area contributed by atoms with Crippen LogP contribution < -0.4 is 0 Å². The zero-order valence-corrected chi connectivity index (χ0v) is 14.6. The quantitative estimate of drug-likeness (QED) is 0.620. The number of benzene rings is 1. The van der Waals surface area contributed by atoms with Gasteiger partial charge in [-0.05, 0) is 31.4 Å². The molecule has 0 aliphatic rings. The number of hydrogen-bond acceptors (Lipinski definition) is 1. The fraction of sp³-hybridized carbons (Fsp3) is 0.500. The van der Waals surface area contributed by atoms with E-state index in [1.54, 1.807) is 6.20 Å². The van der Waals surface area contributed by atoms with Gasteiger partial charge in [0.05, 0.1) is 0 Å². The molecule has 0 N–H and O–H groups in total. The molecule has 3 heteroatoms. The van der Waals surface area contributed by atoms with E-state index >= 15 is 0 Å². The molecule has 1 radical (unpaired) electrons. The van der Waals surface area contributed by atoms with Crippen LogP contribution >= 0.6 is 0 Å². The van der Waals surface area contributed by atoms with Gasteiger partial charge in [0.2, 0.25) is 0 Å². The van der Waals surface area contributed by atoms with Crippen LogP contribution in [0.15, 0.2) is 48.8 Å². The molecular formula is C18H34N2Y. The van der Waals surface area contributed by atoms with Gasteiger partial charge in [-0.2, -0.15) is 5.10 Å². The van der Waals surface area contributed by atoms with E-state index in [1.807, 2.05) is 23.0 Å². The van der Waals surface area contributed by atoms with Gasteiger partial charge in [-0.25, -0.2) is 0 Å². The summed E-state index contributed by atoms with van der Waals surface area (Å²) in [5, 5.41) is 4.03. The van der Waals surface area contributed by atoms with Crippen LogP contribution in [0.4, 0.5) is 0 Å². The minimum absolute atomic E-state index is 0. The third kappa shape index (κ3) is 11.8. The molecule has 1 aromatic heterocycles. The minimum Gasteiger partial charge on any atom is -0.270 e. The Morgan fingerprint density at radius 3 is 1.62 bits per heavy atom. The fourth-order valence-electron chi connectivity index (χ4n) is 1.42. The van der Waals surface area contributed by atoms with Crippen molar-refractivity contribution >= 4 is 0 Å². The van der Waals surface area contributed by atoms with Gasteiger partial charge in [0, 0.05) is 51.1 Å². The van der Waals surface area contributed by atoms with E-state index in [0.717, 1.165) is 0 Å². The van der Waals surface area contributed by atoms with Crippen molar-refractivity contribution in [1.82, 2.24) is 9.78 Å². The van der Waals surface area contributed by atoms with Crippen LogP contribution in [0, 0.1) is 0 Å². The van der Waals surface area contributed by atoms with Crippen molar-refractivity contribution in [3.05, 3.63) is 54.4 Å². The van der Waals surface area contributed by atoms with E-state index in [1.165, 1.54) is 5.56 Å².